The molecule has 2 rings (SSSR count). The normalized spacial score (nSPS) is 11.6. The smallest absolute Gasteiger partial charge is 0.366 e. The quantitative estimate of drug-likeness (QED) is 0.712. The van der Waals surface area contributed by atoms with Gasteiger partial charge in [-0.05, 0) is 32.6 Å². The molecule has 0 aliphatic rings. The van der Waals surface area contributed by atoms with E-state index >= 15 is 0 Å². The molecule has 25 heavy (non-hydrogen) atoms. The van der Waals surface area contributed by atoms with Crippen LogP contribution in [0.15, 0.2) is 36.4 Å². The van der Waals surface area contributed by atoms with E-state index in [1.165, 1.54) is 0 Å². The predicted octanol–water partition coefficient (Wildman–Crippen LogP) is 3.47. The fourth-order valence-electron chi connectivity index (χ4n) is 2.15. The lowest BCUT2D eigenvalue weighted by molar-refractivity contribution is -0.141. The minimum atomic E-state index is -4.52. The van der Waals surface area contributed by atoms with Crippen molar-refractivity contribution in [2.45, 2.75) is 19.1 Å². The highest BCUT2D eigenvalue weighted by Crippen LogP contribution is 2.29. The molecule has 0 saturated carbocycles. The zero-order valence-corrected chi connectivity index (χ0v) is 14.3. The first-order valence-electron chi connectivity index (χ1n) is 7.97. The van der Waals surface area contributed by atoms with Crippen LogP contribution in [0.5, 0.6) is 0 Å². The molecule has 5 nitrogen and oxygen atoms in total. The summed E-state index contributed by atoms with van der Waals surface area (Å²) in [6, 6.07) is 10.3. The molecule has 1 aromatic carbocycles. The number of nitrogens with one attached hydrogen (secondary N) is 2. The van der Waals surface area contributed by atoms with Crippen LogP contribution in [0.1, 0.15) is 17.7 Å². The molecule has 0 aliphatic heterocycles. The van der Waals surface area contributed by atoms with Crippen LogP contribution in [0.3, 0.4) is 0 Å². The summed E-state index contributed by atoms with van der Waals surface area (Å²) in [6.45, 7) is 1.71. The van der Waals surface area contributed by atoms with Crippen molar-refractivity contribution in [2.24, 2.45) is 0 Å². The molecule has 1 aromatic heterocycles. The third-order valence-corrected chi connectivity index (χ3v) is 3.40. The fraction of sp³-hybridized carbons (Fsp3) is 0.412. The molecule has 0 saturated heterocycles. The summed E-state index contributed by atoms with van der Waals surface area (Å²) in [5.41, 5.74) is -0.0108. The maximum absolute atomic E-state index is 13.1. The van der Waals surface area contributed by atoms with E-state index in [2.05, 4.69) is 20.6 Å². The van der Waals surface area contributed by atoms with Crippen LogP contribution in [0.4, 0.5) is 24.9 Å². The zero-order chi connectivity index (χ0) is 18.3. The zero-order valence-electron chi connectivity index (χ0n) is 14.3. The number of halogens is 3. The van der Waals surface area contributed by atoms with Crippen molar-refractivity contribution in [3.05, 3.63) is 47.7 Å². The average molecular weight is 353 g/mol. The van der Waals surface area contributed by atoms with Crippen molar-refractivity contribution < 1.29 is 13.2 Å². The Labute approximate surface area is 145 Å². The Balaban J connectivity index is 2.07. The summed E-state index contributed by atoms with van der Waals surface area (Å²) >= 11 is 0. The van der Waals surface area contributed by atoms with Crippen molar-refractivity contribution in [3.63, 3.8) is 0 Å². The van der Waals surface area contributed by atoms with Crippen LogP contribution in [-0.4, -0.2) is 42.1 Å². The number of rotatable bonds is 8. The molecule has 2 N–H and O–H groups in total. The molecule has 0 spiro atoms. The van der Waals surface area contributed by atoms with Gasteiger partial charge in [-0.1, -0.05) is 30.3 Å². The number of benzene rings is 1. The Morgan fingerprint density at radius 1 is 1.04 bits per heavy atom. The van der Waals surface area contributed by atoms with Gasteiger partial charge in [0.1, 0.15) is 5.82 Å². The molecule has 0 bridgehead atoms. The molecule has 8 heteroatoms. The van der Waals surface area contributed by atoms with E-state index in [-0.39, 0.29) is 11.8 Å². The Kier molecular flexibility index (Phi) is 6.58. The van der Waals surface area contributed by atoms with Crippen molar-refractivity contribution in [2.75, 3.05) is 37.8 Å². The molecular weight excluding hydrogens is 331 g/mol. The number of nitrogens with zero attached hydrogens (tertiary/aromatic N) is 3. The van der Waals surface area contributed by atoms with Crippen LogP contribution in [0.2, 0.25) is 0 Å². The number of aromatic nitrogens is 2. The average Bonchev–Trinajstić information content (AvgIpc) is 2.57. The molecule has 0 atom stereocenters. The van der Waals surface area contributed by atoms with E-state index < -0.39 is 11.9 Å². The van der Waals surface area contributed by atoms with Crippen LogP contribution < -0.4 is 10.6 Å². The highest BCUT2D eigenvalue weighted by Gasteiger charge is 2.33. The predicted molar refractivity (Wildman–Crippen MR) is 92.5 cm³/mol. The number of alkyl halides is 3. The van der Waals surface area contributed by atoms with E-state index in [1.807, 2.05) is 49.3 Å². The number of hydrogen-bond acceptors (Lipinski definition) is 5. The molecule has 0 aliphatic carbocycles. The van der Waals surface area contributed by atoms with Crippen molar-refractivity contribution in [3.8, 4) is 0 Å². The maximum Gasteiger partial charge on any atom is 0.433 e. The summed E-state index contributed by atoms with van der Waals surface area (Å²) in [5.74, 6) is 0.116. The molecule has 1 heterocycles. The Bertz CT molecular complexity index is 659. The SMILES string of the molecule is CN(C)CCCNc1nc(NCc2ccccc2)cc(C(F)(F)F)n1. The highest BCUT2D eigenvalue weighted by atomic mass is 19.4. The Morgan fingerprint density at radius 3 is 2.40 bits per heavy atom. The highest BCUT2D eigenvalue weighted by molar-refractivity contribution is 5.43. The first-order valence-corrected chi connectivity index (χ1v) is 7.97. The second-order valence-electron chi connectivity index (χ2n) is 5.88. The minimum absolute atomic E-state index is 0.0239. The molecule has 0 radical (unpaired) electrons. The van der Waals surface area contributed by atoms with Crippen molar-refractivity contribution >= 4 is 11.8 Å². The van der Waals surface area contributed by atoms with Gasteiger partial charge in [-0.2, -0.15) is 18.2 Å². The summed E-state index contributed by atoms with van der Waals surface area (Å²) in [7, 11) is 3.87. The van der Waals surface area contributed by atoms with Gasteiger partial charge in [0.15, 0.2) is 5.69 Å². The molecule has 0 unspecified atom stereocenters. The van der Waals surface area contributed by atoms with E-state index in [1.54, 1.807) is 0 Å². The van der Waals surface area contributed by atoms with E-state index in [9.17, 15) is 13.2 Å². The summed E-state index contributed by atoms with van der Waals surface area (Å²) in [6.07, 6.45) is -3.74. The lowest BCUT2D eigenvalue weighted by atomic mass is 10.2. The van der Waals surface area contributed by atoms with Crippen LogP contribution >= 0.6 is 0 Å². The van der Waals surface area contributed by atoms with Gasteiger partial charge >= 0.3 is 6.18 Å². The number of anilines is 2. The third-order valence-electron chi connectivity index (χ3n) is 3.40. The van der Waals surface area contributed by atoms with Gasteiger partial charge in [0.05, 0.1) is 0 Å². The van der Waals surface area contributed by atoms with E-state index in [4.69, 9.17) is 0 Å². The van der Waals surface area contributed by atoms with Crippen LogP contribution in [-0.2, 0) is 12.7 Å². The minimum Gasteiger partial charge on any atom is -0.366 e. The number of hydrogen-bond donors (Lipinski definition) is 2. The summed E-state index contributed by atoms with van der Waals surface area (Å²) in [4.78, 5) is 9.71. The fourth-order valence-corrected chi connectivity index (χ4v) is 2.15. The second kappa shape index (κ2) is 8.66. The maximum atomic E-state index is 13.1. The first kappa shape index (κ1) is 19.0. The van der Waals surface area contributed by atoms with Gasteiger partial charge in [-0.15, -0.1) is 0 Å². The van der Waals surface area contributed by atoms with Gasteiger partial charge in [0.2, 0.25) is 5.95 Å². The Morgan fingerprint density at radius 2 is 1.76 bits per heavy atom. The molecule has 2 aromatic rings. The second-order valence-corrected chi connectivity index (χ2v) is 5.88. The van der Waals surface area contributed by atoms with Gasteiger partial charge < -0.3 is 15.5 Å². The monoisotopic (exact) mass is 353 g/mol. The van der Waals surface area contributed by atoms with Crippen LogP contribution in [0, 0.1) is 0 Å². The van der Waals surface area contributed by atoms with Crippen molar-refractivity contribution in [1.29, 1.82) is 0 Å². The largest absolute Gasteiger partial charge is 0.433 e. The molecular formula is C17H22F3N5. The third kappa shape index (κ3) is 6.58. The lowest BCUT2D eigenvalue weighted by Crippen LogP contribution is -2.18. The van der Waals surface area contributed by atoms with E-state index in [0.29, 0.717) is 13.1 Å². The van der Waals surface area contributed by atoms with Crippen LogP contribution in [0.25, 0.3) is 0 Å². The summed E-state index contributed by atoms with van der Waals surface area (Å²) in [5, 5.41) is 5.79. The van der Waals surface area contributed by atoms with Crippen molar-refractivity contribution in [1.82, 2.24) is 14.9 Å². The molecule has 136 valence electrons. The lowest BCUT2D eigenvalue weighted by Gasteiger charge is -2.13. The van der Waals surface area contributed by atoms with Gasteiger partial charge in [-0.25, -0.2) is 4.98 Å². The molecule has 0 amide bonds. The van der Waals surface area contributed by atoms with Gasteiger partial charge in [0.25, 0.3) is 0 Å². The first-order chi connectivity index (χ1) is 11.8. The van der Waals surface area contributed by atoms with Gasteiger partial charge in [0, 0.05) is 19.2 Å². The van der Waals surface area contributed by atoms with E-state index in [0.717, 1.165) is 24.6 Å². The topological polar surface area (TPSA) is 53.1 Å². The summed E-state index contributed by atoms with van der Waals surface area (Å²) < 4.78 is 39.2. The molecule has 0 fully saturated rings. The Hall–Kier alpha value is -2.35. The standard InChI is InChI=1S/C17H22F3N5/c1-25(2)10-6-9-21-16-23-14(17(18,19)20)11-15(24-16)22-12-13-7-4-3-5-8-13/h3-5,7-8,11H,6,9-10,12H2,1-2H3,(H2,21,22,23,24). The van der Waals surface area contributed by atoms with Gasteiger partial charge in [-0.3, -0.25) is 0 Å².